The van der Waals surface area contributed by atoms with Crippen molar-refractivity contribution >= 4 is 0 Å². The van der Waals surface area contributed by atoms with Crippen molar-refractivity contribution in [3.63, 3.8) is 0 Å². The van der Waals surface area contributed by atoms with Crippen LogP contribution in [0.15, 0.2) is 0 Å². The van der Waals surface area contributed by atoms with Crippen LogP contribution in [0, 0.1) is 5.92 Å². The highest BCUT2D eigenvalue weighted by atomic mass is 16.5. The van der Waals surface area contributed by atoms with E-state index < -0.39 is 0 Å². The van der Waals surface area contributed by atoms with Crippen molar-refractivity contribution in [3.05, 3.63) is 5.82 Å². The molecule has 19 heavy (non-hydrogen) atoms. The minimum absolute atomic E-state index is 0.0700. The van der Waals surface area contributed by atoms with Crippen LogP contribution in [-0.4, -0.2) is 38.5 Å². The third-order valence-electron chi connectivity index (χ3n) is 4.05. The highest BCUT2D eigenvalue weighted by Crippen LogP contribution is 2.37. The summed E-state index contributed by atoms with van der Waals surface area (Å²) in [5, 5.41) is 12.1. The smallest absolute Gasteiger partial charge is 0.176 e. The zero-order chi connectivity index (χ0) is 13.9. The summed E-state index contributed by atoms with van der Waals surface area (Å²) >= 11 is 0. The van der Waals surface area contributed by atoms with Crippen molar-refractivity contribution in [2.45, 2.75) is 57.6 Å². The van der Waals surface area contributed by atoms with Crippen LogP contribution in [0.25, 0.3) is 0 Å². The summed E-state index contributed by atoms with van der Waals surface area (Å²) in [4.78, 5) is 1.47. The molecular formula is C13H25N5O. The molecule has 1 heterocycles. The second-order valence-corrected chi connectivity index (χ2v) is 5.71. The van der Waals surface area contributed by atoms with E-state index >= 15 is 0 Å². The SMILES string of the molecule is CCOC1(C(N)Cc2nnn(C)n2)CCCC(C)C1. The van der Waals surface area contributed by atoms with E-state index in [1.807, 2.05) is 6.92 Å². The van der Waals surface area contributed by atoms with Gasteiger partial charge in [-0.15, -0.1) is 10.2 Å². The first-order chi connectivity index (χ1) is 9.05. The van der Waals surface area contributed by atoms with Gasteiger partial charge in [-0.1, -0.05) is 19.8 Å². The highest BCUT2D eigenvalue weighted by molar-refractivity contribution is 4.99. The molecule has 1 aromatic rings. The Bertz CT molecular complexity index is 403. The van der Waals surface area contributed by atoms with E-state index in [4.69, 9.17) is 10.5 Å². The molecule has 1 fully saturated rings. The molecule has 0 spiro atoms. The Morgan fingerprint density at radius 1 is 1.58 bits per heavy atom. The molecule has 0 amide bonds. The Kier molecular flexibility index (Phi) is 4.52. The Morgan fingerprint density at radius 3 is 2.95 bits per heavy atom. The Morgan fingerprint density at radius 2 is 2.37 bits per heavy atom. The van der Waals surface area contributed by atoms with E-state index in [9.17, 15) is 0 Å². The lowest BCUT2D eigenvalue weighted by molar-refractivity contribution is -0.0928. The maximum atomic E-state index is 6.43. The Hall–Kier alpha value is -1.01. The number of nitrogens with zero attached hydrogens (tertiary/aromatic N) is 4. The number of hydrogen-bond acceptors (Lipinski definition) is 5. The lowest BCUT2D eigenvalue weighted by atomic mass is 9.74. The minimum Gasteiger partial charge on any atom is -0.374 e. The zero-order valence-electron chi connectivity index (χ0n) is 12.2. The first kappa shape index (κ1) is 14.4. The van der Waals surface area contributed by atoms with Gasteiger partial charge < -0.3 is 10.5 Å². The van der Waals surface area contributed by atoms with Gasteiger partial charge in [0.2, 0.25) is 0 Å². The number of ether oxygens (including phenoxy) is 1. The lowest BCUT2D eigenvalue weighted by Gasteiger charge is -2.43. The fraction of sp³-hybridized carbons (Fsp3) is 0.923. The van der Waals surface area contributed by atoms with E-state index in [-0.39, 0.29) is 11.6 Å². The lowest BCUT2D eigenvalue weighted by Crippen LogP contribution is -2.54. The second-order valence-electron chi connectivity index (χ2n) is 5.71. The Balaban J connectivity index is 2.09. The third-order valence-corrected chi connectivity index (χ3v) is 4.05. The molecule has 1 aliphatic rings. The van der Waals surface area contributed by atoms with Crippen LogP contribution in [0.3, 0.4) is 0 Å². The molecular weight excluding hydrogens is 242 g/mol. The van der Waals surface area contributed by atoms with Crippen molar-refractivity contribution in [1.29, 1.82) is 0 Å². The van der Waals surface area contributed by atoms with Crippen molar-refractivity contribution in [2.24, 2.45) is 18.7 Å². The average molecular weight is 267 g/mol. The molecule has 0 aromatic carbocycles. The van der Waals surface area contributed by atoms with Crippen LogP contribution in [-0.2, 0) is 18.2 Å². The molecule has 0 aliphatic heterocycles. The van der Waals surface area contributed by atoms with E-state index in [2.05, 4.69) is 22.3 Å². The molecule has 6 nitrogen and oxygen atoms in total. The van der Waals surface area contributed by atoms with Crippen molar-refractivity contribution in [2.75, 3.05) is 6.61 Å². The van der Waals surface area contributed by atoms with E-state index in [1.54, 1.807) is 7.05 Å². The van der Waals surface area contributed by atoms with Crippen LogP contribution in [0.4, 0.5) is 0 Å². The molecule has 2 N–H and O–H groups in total. The van der Waals surface area contributed by atoms with Crippen LogP contribution < -0.4 is 5.73 Å². The van der Waals surface area contributed by atoms with Gasteiger partial charge in [-0.05, 0) is 30.9 Å². The van der Waals surface area contributed by atoms with Crippen LogP contribution >= 0.6 is 0 Å². The van der Waals surface area contributed by atoms with Gasteiger partial charge in [0.05, 0.1) is 12.6 Å². The largest absolute Gasteiger partial charge is 0.374 e. The molecule has 3 unspecified atom stereocenters. The average Bonchev–Trinajstić information content (AvgIpc) is 2.75. The summed E-state index contributed by atoms with van der Waals surface area (Å²) in [6.07, 6.45) is 5.14. The number of tetrazole rings is 1. The summed E-state index contributed by atoms with van der Waals surface area (Å²) in [5.41, 5.74) is 6.21. The Labute approximate surface area is 114 Å². The molecule has 0 radical (unpaired) electrons. The maximum Gasteiger partial charge on any atom is 0.176 e. The van der Waals surface area contributed by atoms with Crippen LogP contribution in [0.1, 0.15) is 45.4 Å². The fourth-order valence-corrected chi connectivity index (χ4v) is 3.19. The third kappa shape index (κ3) is 3.30. The van der Waals surface area contributed by atoms with Gasteiger partial charge in [-0.25, -0.2) is 0 Å². The number of aryl methyl sites for hydroxylation is 1. The normalized spacial score (nSPS) is 29.4. The van der Waals surface area contributed by atoms with Gasteiger partial charge >= 0.3 is 0 Å². The first-order valence-electron chi connectivity index (χ1n) is 7.18. The van der Waals surface area contributed by atoms with Gasteiger partial charge in [-0.2, -0.15) is 4.80 Å². The van der Waals surface area contributed by atoms with Crippen LogP contribution in [0.5, 0.6) is 0 Å². The maximum absolute atomic E-state index is 6.43. The summed E-state index contributed by atoms with van der Waals surface area (Å²) < 4.78 is 6.07. The summed E-state index contributed by atoms with van der Waals surface area (Å²) in [7, 11) is 1.77. The predicted octanol–water partition coefficient (Wildman–Crippen LogP) is 1.07. The van der Waals surface area contributed by atoms with Crippen molar-refractivity contribution in [1.82, 2.24) is 20.2 Å². The molecule has 1 aliphatic carbocycles. The van der Waals surface area contributed by atoms with Gasteiger partial charge in [0.1, 0.15) is 0 Å². The number of nitrogens with two attached hydrogens (primary N) is 1. The summed E-state index contributed by atoms with van der Waals surface area (Å²) in [6, 6.07) is -0.0700. The quantitative estimate of drug-likeness (QED) is 0.863. The van der Waals surface area contributed by atoms with Gasteiger partial charge in [0.15, 0.2) is 5.82 Å². The predicted molar refractivity (Wildman–Crippen MR) is 72.5 cm³/mol. The number of rotatable bonds is 5. The molecule has 0 saturated heterocycles. The van der Waals surface area contributed by atoms with E-state index in [0.717, 1.165) is 12.8 Å². The summed E-state index contributed by atoms with van der Waals surface area (Å²) in [6.45, 7) is 5.02. The van der Waals surface area contributed by atoms with Gasteiger partial charge in [0, 0.05) is 19.1 Å². The van der Waals surface area contributed by atoms with Crippen LogP contribution in [0.2, 0.25) is 0 Å². The molecule has 6 heteroatoms. The van der Waals surface area contributed by atoms with Gasteiger partial charge in [-0.3, -0.25) is 0 Å². The summed E-state index contributed by atoms with van der Waals surface area (Å²) in [5.74, 6) is 1.37. The van der Waals surface area contributed by atoms with Gasteiger partial charge in [0.25, 0.3) is 0 Å². The first-order valence-corrected chi connectivity index (χ1v) is 7.18. The topological polar surface area (TPSA) is 78.9 Å². The monoisotopic (exact) mass is 267 g/mol. The fourth-order valence-electron chi connectivity index (χ4n) is 3.19. The number of aromatic nitrogens is 4. The van der Waals surface area contributed by atoms with Crippen molar-refractivity contribution < 1.29 is 4.74 Å². The molecule has 1 aromatic heterocycles. The molecule has 0 bridgehead atoms. The molecule has 2 rings (SSSR count). The molecule has 108 valence electrons. The minimum atomic E-state index is -0.217. The van der Waals surface area contributed by atoms with E-state index in [1.165, 1.54) is 17.6 Å². The number of hydrogen-bond donors (Lipinski definition) is 1. The van der Waals surface area contributed by atoms with E-state index in [0.29, 0.717) is 24.8 Å². The zero-order valence-corrected chi connectivity index (χ0v) is 12.2. The highest BCUT2D eigenvalue weighted by Gasteiger charge is 2.41. The molecule has 1 saturated carbocycles. The van der Waals surface area contributed by atoms with Crippen molar-refractivity contribution in [3.8, 4) is 0 Å². The molecule has 3 atom stereocenters. The standard InChI is InChI=1S/C13H25N5O/c1-4-19-13(7-5-6-10(2)9-13)11(14)8-12-15-17-18(3)16-12/h10-11H,4-9,14H2,1-3H3. The second kappa shape index (κ2) is 5.96.